The summed E-state index contributed by atoms with van der Waals surface area (Å²) in [5, 5.41) is 10.6. The molecule has 0 spiro atoms. The van der Waals surface area contributed by atoms with E-state index in [0.717, 1.165) is 35.3 Å². The van der Waals surface area contributed by atoms with Crippen molar-refractivity contribution in [3.8, 4) is 5.75 Å². The van der Waals surface area contributed by atoms with Gasteiger partial charge in [-0.1, -0.05) is 37.2 Å². The molecule has 1 heterocycles. The molecule has 0 unspecified atom stereocenters. The third-order valence-corrected chi connectivity index (χ3v) is 3.62. The summed E-state index contributed by atoms with van der Waals surface area (Å²) in [6.45, 7) is 10.7. The van der Waals surface area contributed by atoms with Crippen LogP contribution in [0.1, 0.15) is 50.6 Å². The molecule has 0 bridgehead atoms. The average Bonchev–Trinajstić information content (AvgIpc) is 3.08. The molecule has 0 aliphatic heterocycles. The first-order valence-corrected chi connectivity index (χ1v) is 8.82. The highest BCUT2D eigenvalue weighted by atomic mass is 127. The van der Waals surface area contributed by atoms with Crippen LogP contribution in [0, 0.1) is 0 Å². The monoisotopic (exact) mass is 472 g/mol. The molecule has 1 aromatic heterocycles. The summed E-state index contributed by atoms with van der Waals surface area (Å²) in [5.41, 5.74) is 2.02. The van der Waals surface area contributed by atoms with E-state index < -0.39 is 0 Å². The van der Waals surface area contributed by atoms with Crippen LogP contribution in [-0.2, 0) is 13.1 Å². The quantitative estimate of drug-likeness (QED) is 0.345. The van der Waals surface area contributed by atoms with E-state index in [1.807, 2.05) is 44.2 Å². The van der Waals surface area contributed by atoms with Crippen molar-refractivity contribution >= 4 is 29.9 Å². The fourth-order valence-corrected chi connectivity index (χ4v) is 2.29. The van der Waals surface area contributed by atoms with Crippen LogP contribution in [-0.4, -0.2) is 24.3 Å². The van der Waals surface area contributed by atoms with Crippen molar-refractivity contribution in [3.05, 3.63) is 47.3 Å². The lowest BCUT2D eigenvalue weighted by Crippen LogP contribution is -2.36. The Morgan fingerprint density at radius 2 is 2.00 bits per heavy atom. The highest BCUT2D eigenvalue weighted by molar-refractivity contribution is 14.0. The predicted octanol–water partition coefficient (Wildman–Crippen LogP) is 4.07. The zero-order chi connectivity index (χ0) is 18.1. The Balaban J connectivity index is 0.00000338. The van der Waals surface area contributed by atoms with Gasteiger partial charge >= 0.3 is 0 Å². The molecule has 2 aromatic rings. The smallest absolute Gasteiger partial charge is 0.191 e. The molecule has 144 valence electrons. The summed E-state index contributed by atoms with van der Waals surface area (Å²) in [6.07, 6.45) is 0. The molecule has 0 fully saturated rings. The third kappa shape index (κ3) is 6.86. The van der Waals surface area contributed by atoms with E-state index in [1.165, 1.54) is 0 Å². The average molecular weight is 472 g/mol. The maximum Gasteiger partial charge on any atom is 0.191 e. The van der Waals surface area contributed by atoms with E-state index in [9.17, 15) is 0 Å². The van der Waals surface area contributed by atoms with Gasteiger partial charge in [-0.3, -0.25) is 0 Å². The van der Waals surface area contributed by atoms with Crippen LogP contribution in [0.15, 0.2) is 39.8 Å². The molecule has 1 aromatic carbocycles. The van der Waals surface area contributed by atoms with Gasteiger partial charge in [0.05, 0.1) is 25.4 Å². The summed E-state index contributed by atoms with van der Waals surface area (Å²) in [7, 11) is 0. The summed E-state index contributed by atoms with van der Waals surface area (Å²) >= 11 is 0. The Morgan fingerprint density at radius 1 is 1.23 bits per heavy atom. The number of aromatic nitrogens is 1. The maximum atomic E-state index is 5.65. The molecule has 26 heavy (non-hydrogen) atoms. The molecule has 0 saturated heterocycles. The third-order valence-electron chi connectivity index (χ3n) is 3.62. The van der Waals surface area contributed by atoms with Crippen LogP contribution in [0.4, 0.5) is 0 Å². The van der Waals surface area contributed by atoms with Gasteiger partial charge in [0.25, 0.3) is 0 Å². The summed E-state index contributed by atoms with van der Waals surface area (Å²) in [6, 6.07) is 9.94. The molecule has 0 atom stereocenters. The molecule has 7 heteroatoms. The Hall–Kier alpha value is -1.77. The van der Waals surface area contributed by atoms with Crippen LogP contribution in [0.2, 0.25) is 0 Å². The second-order valence-electron chi connectivity index (χ2n) is 5.96. The Labute approximate surface area is 172 Å². The van der Waals surface area contributed by atoms with Crippen LogP contribution in [0.25, 0.3) is 0 Å². The fraction of sp³-hybridized carbons (Fsp3) is 0.474. The van der Waals surface area contributed by atoms with Gasteiger partial charge in [0.15, 0.2) is 11.7 Å². The number of aliphatic imine (C=N–C) groups is 1. The van der Waals surface area contributed by atoms with Gasteiger partial charge in [-0.05, 0) is 25.8 Å². The first kappa shape index (κ1) is 22.3. The van der Waals surface area contributed by atoms with E-state index in [2.05, 4.69) is 34.6 Å². The minimum absolute atomic E-state index is 0. The van der Waals surface area contributed by atoms with Crippen molar-refractivity contribution in [1.82, 2.24) is 15.8 Å². The SMILES string of the molecule is CCNC(=NCc1ccccc1OCC)NCc1cc(C(C)C)no1.I. The number of para-hydroxylation sites is 1. The van der Waals surface area contributed by atoms with Crippen LogP contribution in [0.3, 0.4) is 0 Å². The number of ether oxygens (including phenoxy) is 1. The molecule has 0 radical (unpaired) electrons. The van der Waals surface area contributed by atoms with Gasteiger partial charge < -0.3 is 19.9 Å². The van der Waals surface area contributed by atoms with E-state index >= 15 is 0 Å². The van der Waals surface area contributed by atoms with E-state index in [-0.39, 0.29) is 24.0 Å². The fourth-order valence-electron chi connectivity index (χ4n) is 2.29. The predicted molar refractivity (Wildman–Crippen MR) is 115 cm³/mol. The Kier molecular flexibility index (Phi) is 10.1. The molecule has 0 saturated carbocycles. The zero-order valence-electron chi connectivity index (χ0n) is 15.9. The number of hydrogen-bond donors (Lipinski definition) is 2. The van der Waals surface area contributed by atoms with Crippen LogP contribution >= 0.6 is 24.0 Å². The molecule has 0 aliphatic carbocycles. The summed E-state index contributed by atoms with van der Waals surface area (Å²) < 4.78 is 11.0. The van der Waals surface area contributed by atoms with Crippen LogP contribution < -0.4 is 15.4 Å². The number of benzene rings is 1. The minimum Gasteiger partial charge on any atom is -0.494 e. The number of guanidine groups is 1. The van der Waals surface area contributed by atoms with Gasteiger partial charge in [-0.15, -0.1) is 24.0 Å². The van der Waals surface area contributed by atoms with Crippen molar-refractivity contribution in [2.75, 3.05) is 13.2 Å². The second-order valence-corrected chi connectivity index (χ2v) is 5.96. The van der Waals surface area contributed by atoms with Crippen LogP contribution in [0.5, 0.6) is 5.75 Å². The summed E-state index contributed by atoms with van der Waals surface area (Å²) in [5.74, 6) is 2.76. The standard InChI is InChI=1S/C19H28N4O2.HI/c1-5-20-19(22-13-16-11-17(14(3)4)23-25-16)21-12-15-9-7-8-10-18(15)24-6-2;/h7-11,14H,5-6,12-13H2,1-4H3,(H2,20,21,22);1H. The second kappa shape index (κ2) is 11.8. The highest BCUT2D eigenvalue weighted by Crippen LogP contribution is 2.18. The number of rotatable bonds is 8. The molecule has 0 aliphatic rings. The summed E-state index contributed by atoms with van der Waals surface area (Å²) in [4.78, 5) is 4.64. The highest BCUT2D eigenvalue weighted by Gasteiger charge is 2.08. The van der Waals surface area contributed by atoms with Gasteiger partial charge in [-0.2, -0.15) is 0 Å². The topological polar surface area (TPSA) is 71.7 Å². The van der Waals surface area contributed by atoms with Crippen molar-refractivity contribution in [1.29, 1.82) is 0 Å². The van der Waals surface area contributed by atoms with Gasteiger partial charge in [-0.25, -0.2) is 4.99 Å². The lowest BCUT2D eigenvalue weighted by atomic mass is 10.1. The molecular formula is C19H29IN4O2. The minimum atomic E-state index is 0. The number of nitrogens with zero attached hydrogens (tertiary/aromatic N) is 2. The van der Waals surface area contributed by atoms with Crippen molar-refractivity contribution in [3.63, 3.8) is 0 Å². The van der Waals surface area contributed by atoms with Crippen molar-refractivity contribution in [2.24, 2.45) is 4.99 Å². The molecule has 6 nitrogen and oxygen atoms in total. The largest absolute Gasteiger partial charge is 0.494 e. The number of hydrogen-bond acceptors (Lipinski definition) is 4. The Bertz CT molecular complexity index is 686. The first-order chi connectivity index (χ1) is 12.1. The molecular weight excluding hydrogens is 443 g/mol. The van der Waals surface area contributed by atoms with Gasteiger partial charge in [0, 0.05) is 18.2 Å². The van der Waals surface area contributed by atoms with Crippen molar-refractivity contribution in [2.45, 2.75) is 46.7 Å². The number of halogens is 1. The first-order valence-electron chi connectivity index (χ1n) is 8.82. The molecule has 0 amide bonds. The lowest BCUT2D eigenvalue weighted by molar-refractivity contribution is 0.336. The van der Waals surface area contributed by atoms with Gasteiger partial charge in [0.2, 0.25) is 0 Å². The molecule has 2 rings (SSSR count). The number of nitrogens with one attached hydrogen (secondary N) is 2. The van der Waals surface area contributed by atoms with E-state index in [0.29, 0.717) is 25.6 Å². The van der Waals surface area contributed by atoms with E-state index in [1.54, 1.807) is 0 Å². The van der Waals surface area contributed by atoms with Crippen molar-refractivity contribution < 1.29 is 9.26 Å². The lowest BCUT2D eigenvalue weighted by Gasteiger charge is -2.11. The maximum absolute atomic E-state index is 5.65. The zero-order valence-corrected chi connectivity index (χ0v) is 18.2. The normalized spacial score (nSPS) is 11.2. The molecule has 2 N–H and O–H groups in total. The van der Waals surface area contributed by atoms with Gasteiger partial charge in [0.1, 0.15) is 5.75 Å². The van der Waals surface area contributed by atoms with E-state index in [4.69, 9.17) is 9.26 Å². The Morgan fingerprint density at radius 3 is 2.65 bits per heavy atom.